The van der Waals surface area contributed by atoms with Crippen molar-refractivity contribution in [1.82, 2.24) is 9.38 Å². The van der Waals surface area contributed by atoms with Crippen LogP contribution in [-0.2, 0) is 6.42 Å². The van der Waals surface area contributed by atoms with Gasteiger partial charge in [-0.15, -0.1) is 0 Å². The van der Waals surface area contributed by atoms with Gasteiger partial charge >= 0.3 is 0 Å². The van der Waals surface area contributed by atoms with Crippen LogP contribution in [0.3, 0.4) is 0 Å². The van der Waals surface area contributed by atoms with Crippen LogP contribution in [0.2, 0.25) is 0 Å². The highest BCUT2D eigenvalue weighted by Gasteiger charge is 2.26. The zero-order valence-electron chi connectivity index (χ0n) is 10.2. The Morgan fingerprint density at radius 1 is 1.31 bits per heavy atom. The molecule has 2 atom stereocenters. The van der Waals surface area contributed by atoms with Crippen LogP contribution in [0.5, 0.6) is 0 Å². The summed E-state index contributed by atoms with van der Waals surface area (Å²) in [5, 5.41) is 0. The molecule has 0 fully saturated rings. The number of hydrogen-bond donors (Lipinski definition) is 0. The van der Waals surface area contributed by atoms with Crippen LogP contribution < -0.4 is 0 Å². The SMILES string of the molecule is Cc1ccc2nc3c(n2c1)C(C)CC(C)C3. The third-order valence-corrected chi connectivity index (χ3v) is 3.64. The fourth-order valence-corrected chi connectivity index (χ4v) is 3.02. The van der Waals surface area contributed by atoms with Crippen molar-refractivity contribution in [3.63, 3.8) is 0 Å². The van der Waals surface area contributed by atoms with Gasteiger partial charge in [0.15, 0.2) is 0 Å². The molecule has 0 saturated carbocycles. The summed E-state index contributed by atoms with van der Waals surface area (Å²) in [4.78, 5) is 4.76. The van der Waals surface area contributed by atoms with Crippen LogP contribution in [-0.4, -0.2) is 9.38 Å². The summed E-state index contributed by atoms with van der Waals surface area (Å²) in [5.41, 5.74) is 5.17. The Morgan fingerprint density at radius 2 is 2.12 bits per heavy atom. The Morgan fingerprint density at radius 3 is 2.94 bits per heavy atom. The van der Waals surface area contributed by atoms with Crippen molar-refractivity contribution in [2.45, 2.75) is 39.5 Å². The second kappa shape index (κ2) is 3.34. The molecule has 0 amide bonds. The van der Waals surface area contributed by atoms with E-state index in [0.717, 1.165) is 18.0 Å². The summed E-state index contributed by atoms with van der Waals surface area (Å²) in [6.45, 7) is 6.79. The van der Waals surface area contributed by atoms with Crippen LogP contribution in [0.1, 0.15) is 43.1 Å². The normalized spacial score (nSPS) is 24.7. The Labute approximate surface area is 96.3 Å². The third-order valence-electron chi connectivity index (χ3n) is 3.64. The molecule has 1 aliphatic rings. The molecule has 2 unspecified atom stereocenters. The molecule has 0 radical (unpaired) electrons. The van der Waals surface area contributed by atoms with Gasteiger partial charge in [0.05, 0.1) is 5.69 Å². The van der Waals surface area contributed by atoms with Gasteiger partial charge in [-0.05, 0) is 43.2 Å². The lowest BCUT2D eigenvalue weighted by Gasteiger charge is -2.23. The fraction of sp³-hybridized carbons (Fsp3) is 0.500. The van der Waals surface area contributed by atoms with E-state index < -0.39 is 0 Å². The zero-order valence-corrected chi connectivity index (χ0v) is 10.2. The molecule has 16 heavy (non-hydrogen) atoms. The minimum atomic E-state index is 0.635. The molecule has 2 aromatic heterocycles. The first-order chi connectivity index (χ1) is 7.65. The predicted molar refractivity (Wildman–Crippen MR) is 65.8 cm³/mol. The highest BCUT2D eigenvalue weighted by atomic mass is 15.0. The lowest BCUT2D eigenvalue weighted by Crippen LogP contribution is -2.15. The molecule has 0 bridgehead atoms. The van der Waals surface area contributed by atoms with Crippen molar-refractivity contribution >= 4 is 5.65 Å². The van der Waals surface area contributed by atoms with Gasteiger partial charge in [0.1, 0.15) is 5.65 Å². The standard InChI is InChI=1S/C14H18N2/c1-9-4-5-13-15-12-7-10(2)6-11(3)14(12)16(13)8-9/h4-5,8,10-11H,6-7H2,1-3H3. The van der Waals surface area contributed by atoms with Crippen molar-refractivity contribution in [1.29, 1.82) is 0 Å². The predicted octanol–water partition coefficient (Wildman–Crippen LogP) is 3.33. The highest BCUT2D eigenvalue weighted by molar-refractivity contribution is 5.46. The van der Waals surface area contributed by atoms with E-state index in [-0.39, 0.29) is 0 Å². The number of pyridine rings is 1. The number of rotatable bonds is 0. The molecule has 2 nitrogen and oxygen atoms in total. The first-order valence-corrected chi connectivity index (χ1v) is 6.12. The quantitative estimate of drug-likeness (QED) is 0.657. The number of imidazole rings is 1. The number of aryl methyl sites for hydroxylation is 1. The molecular weight excluding hydrogens is 196 g/mol. The minimum absolute atomic E-state index is 0.635. The lowest BCUT2D eigenvalue weighted by atomic mass is 9.84. The topological polar surface area (TPSA) is 17.3 Å². The van der Waals surface area contributed by atoms with Crippen molar-refractivity contribution in [3.8, 4) is 0 Å². The number of fused-ring (bicyclic) bond motifs is 3. The molecule has 0 aromatic carbocycles. The zero-order chi connectivity index (χ0) is 11.3. The highest BCUT2D eigenvalue weighted by Crippen LogP contribution is 2.34. The summed E-state index contributed by atoms with van der Waals surface area (Å²) in [5.74, 6) is 1.41. The number of hydrogen-bond acceptors (Lipinski definition) is 1. The summed E-state index contributed by atoms with van der Waals surface area (Å²) in [6.07, 6.45) is 4.64. The van der Waals surface area contributed by atoms with Gasteiger partial charge in [0.25, 0.3) is 0 Å². The maximum absolute atomic E-state index is 4.76. The van der Waals surface area contributed by atoms with Crippen molar-refractivity contribution in [2.24, 2.45) is 5.92 Å². The Hall–Kier alpha value is -1.31. The molecule has 0 aliphatic heterocycles. The average molecular weight is 214 g/mol. The van der Waals surface area contributed by atoms with Gasteiger partial charge in [-0.3, -0.25) is 0 Å². The first-order valence-electron chi connectivity index (χ1n) is 6.12. The molecule has 1 aliphatic carbocycles. The largest absolute Gasteiger partial charge is 0.303 e. The average Bonchev–Trinajstić information content (AvgIpc) is 2.54. The number of aromatic nitrogens is 2. The van der Waals surface area contributed by atoms with Crippen LogP contribution in [0.25, 0.3) is 5.65 Å². The second-order valence-corrected chi connectivity index (χ2v) is 5.32. The van der Waals surface area contributed by atoms with E-state index in [1.54, 1.807) is 0 Å². The van der Waals surface area contributed by atoms with Crippen molar-refractivity contribution < 1.29 is 0 Å². The molecule has 0 spiro atoms. The third kappa shape index (κ3) is 1.36. The number of nitrogens with zero attached hydrogens (tertiary/aromatic N) is 2. The van der Waals surface area contributed by atoms with Crippen LogP contribution in [0.4, 0.5) is 0 Å². The van der Waals surface area contributed by atoms with Crippen LogP contribution in [0.15, 0.2) is 18.3 Å². The van der Waals surface area contributed by atoms with E-state index in [2.05, 4.69) is 43.5 Å². The molecule has 0 saturated heterocycles. The molecule has 84 valence electrons. The summed E-state index contributed by atoms with van der Waals surface area (Å²) in [6, 6.07) is 4.27. The van der Waals surface area contributed by atoms with Crippen LogP contribution in [0, 0.1) is 12.8 Å². The van der Waals surface area contributed by atoms with E-state index in [4.69, 9.17) is 4.98 Å². The van der Waals surface area contributed by atoms with E-state index >= 15 is 0 Å². The summed E-state index contributed by atoms with van der Waals surface area (Å²) in [7, 11) is 0. The molecular formula is C14H18N2. The van der Waals surface area contributed by atoms with Gasteiger partial charge in [0.2, 0.25) is 0 Å². The van der Waals surface area contributed by atoms with Crippen molar-refractivity contribution in [3.05, 3.63) is 35.3 Å². The van der Waals surface area contributed by atoms with E-state index in [1.165, 1.54) is 23.4 Å². The molecule has 2 aromatic rings. The maximum Gasteiger partial charge on any atom is 0.137 e. The van der Waals surface area contributed by atoms with Gasteiger partial charge < -0.3 is 4.40 Å². The monoisotopic (exact) mass is 214 g/mol. The Balaban J connectivity index is 2.27. The Bertz CT molecular complexity index is 539. The van der Waals surface area contributed by atoms with Gasteiger partial charge in [0, 0.05) is 11.9 Å². The van der Waals surface area contributed by atoms with Gasteiger partial charge in [-0.1, -0.05) is 19.9 Å². The minimum Gasteiger partial charge on any atom is -0.303 e. The first kappa shape index (κ1) is 9.88. The lowest BCUT2D eigenvalue weighted by molar-refractivity contribution is 0.437. The maximum atomic E-state index is 4.76. The van der Waals surface area contributed by atoms with Crippen LogP contribution >= 0.6 is 0 Å². The smallest absolute Gasteiger partial charge is 0.137 e. The fourth-order valence-electron chi connectivity index (χ4n) is 3.02. The second-order valence-electron chi connectivity index (χ2n) is 5.32. The van der Waals surface area contributed by atoms with Gasteiger partial charge in [-0.25, -0.2) is 4.98 Å². The molecule has 3 rings (SSSR count). The molecule has 0 N–H and O–H groups in total. The van der Waals surface area contributed by atoms with E-state index in [0.29, 0.717) is 5.92 Å². The van der Waals surface area contributed by atoms with E-state index in [1.807, 2.05) is 0 Å². The Kier molecular flexibility index (Phi) is 2.06. The molecule has 2 heterocycles. The summed E-state index contributed by atoms with van der Waals surface area (Å²) >= 11 is 0. The summed E-state index contributed by atoms with van der Waals surface area (Å²) < 4.78 is 2.29. The van der Waals surface area contributed by atoms with E-state index in [9.17, 15) is 0 Å². The van der Waals surface area contributed by atoms with Gasteiger partial charge in [-0.2, -0.15) is 0 Å². The molecule has 2 heteroatoms. The van der Waals surface area contributed by atoms with Crippen molar-refractivity contribution in [2.75, 3.05) is 0 Å².